The van der Waals surface area contributed by atoms with Gasteiger partial charge in [-0.1, -0.05) is 32.0 Å². The van der Waals surface area contributed by atoms with E-state index in [1.165, 1.54) is 24.3 Å². The van der Waals surface area contributed by atoms with Crippen molar-refractivity contribution < 1.29 is 22.3 Å². The molecular formula is C27H25FN2O4S. The smallest absolute Gasteiger partial charge is 0.251 e. The molecule has 1 heterocycles. The summed E-state index contributed by atoms with van der Waals surface area (Å²) in [7, 11) is -3.95. The number of hydrogen-bond acceptors (Lipinski definition) is 5. The largest absolute Gasteiger partial charge is 0.493 e. The van der Waals surface area contributed by atoms with Gasteiger partial charge in [0, 0.05) is 36.0 Å². The molecule has 1 amide bonds. The molecule has 0 spiro atoms. The average Bonchev–Trinajstić information content (AvgIpc) is 2.85. The summed E-state index contributed by atoms with van der Waals surface area (Å²) in [5, 5.41) is 4.69. The highest BCUT2D eigenvalue weighted by Gasteiger charge is 2.20. The fourth-order valence-electron chi connectivity index (χ4n) is 3.47. The molecule has 0 radical (unpaired) electrons. The maximum absolute atomic E-state index is 14.1. The zero-order valence-electron chi connectivity index (χ0n) is 19.4. The molecule has 1 aromatic heterocycles. The van der Waals surface area contributed by atoms with Crippen LogP contribution in [0.1, 0.15) is 29.8 Å². The Balaban J connectivity index is 1.45. The Morgan fingerprint density at radius 2 is 1.74 bits per heavy atom. The van der Waals surface area contributed by atoms with Crippen LogP contribution in [0.2, 0.25) is 0 Å². The lowest BCUT2D eigenvalue weighted by molar-refractivity contribution is 0.0951. The molecule has 8 heteroatoms. The van der Waals surface area contributed by atoms with E-state index in [4.69, 9.17) is 4.74 Å². The second-order valence-corrected chi connectivity index (χ2v) is 10.5. The van der Waals surface area contributed by atoms with Gasteiger partial charge in [0.05, 0.1) is 16.4 Å². The predicted octanol–water partition coefficient (Wildman–Crippen LogP) is 5.17. The Kier molecular flexibility index (Phi) is 7.12. The van der Waals surface area contributed by atoms with Crippen molar-refractivity contribution in [2.45, 2.75) is 30.2 Å². The maximum Gasteiger partial charge on any atom is 0.251 e. The molecule has 0 saturated heterocycles. The normalized spacial score (nSPS) is 11.5. The van der Waals surface area contributed by atoms with Gasteiger partial charge in [-0.15, -0.1) is 0 Å². The van der Waals surface area contributed by atoms with Gasteiger partial charge in [0.15, 0.2) is 0 Å². The summed E-state index contributed by atoms with van der Waals surface area (Å²) in [6.07, 6.45) is 3.39. The van der Waals surface area contributed by atoms with Crippen molar-refractivity contribution in [2.24, 2.45) is 5.92 Å². The van der Waals surface area contributed by atoms with Gasteiger partial charge in [0.1, 0.15) is 11.6 Å². The van der Waals surface area contributed by atoms with Crippen LogP contribution in [-0.4, -0.2) is 25.9 Å². The van der Waals surface area contributed by atoms with Crippen LogP contribution < -0.4 is 10.1 Å². The van der Waals surface area contributed by atoms with Crippen molar-refractivity contribution in [3.63, 3.8) is 0 Å². The number of hydrogen-bond donors (Lipinski definition) is 1. The lowest BCUT2D eigenvalue weighted by Crippen LogP contribution is -2.22. The summed E-state index contributed by atoms with van der Waals surface area (Å²) in [4.78, 5) is 16.5. The zero-order valence-corrected chi connectivity index (χ0v) is 20.2. The van der Waals surface area contributed by atoms with Crippen molar-refractivity contribution in [3.05, 3.63) is 96.1 Å². The van der Waals surface area contributed by atoms with E-state index in [0.717, 1.165) is 22.4 Å². The van der Waals surface area contributed by atoms with E-state index >= 15 is 0 Å². The van der Waals surface area contributed by atoms with Crippen molar-refractivity contribution in [1.29, 1.82) is 0 Å². The Labute approximate surface area is 203 Å². The van der Waals surface area contributed by atoms with Crippen molar-refractivity contribution in [2.75, 3.05) is 6.61 Å². The first-order chi connectivity index (χ1) is 16.7. The third-order valence-corrected chi connectivity index (χ3v) is 7.08. The highest BCUT2D eigenvalue weighted by molar-refractivity contribution is 7.91. The fourth-order valence-corrected chi connectivity index (χ4v) is 4.78. The average molecular weight is 493 g/mol. The summed E-state index contributed by atoms with van der Waals surface area (Å²) in [6.45, 7) is 4.46. The first-order valence-electron chi connectivity index (χ1n) is 11.1. The van der Waals surface area contributed by atoms with Gasteiger partial charge in [0.25, 0.3) is 5.91 Å². The number of pyridine rings is 1. The lowest BCUT2D eigenvalue weighted by atomic mass is 10.1. The molecule has 0 saturated carbocycles. The van der Waals surface area contributed by atoms with E-state index in [-0.39, 0.29) is 33.9 Å². The third-order valence-electron chi connectivity index (χ3n) is 5.33. The topological polar surface area (TPSA) is 85.4 Å². The number of sulfone groups is 1. The lowest BCUT2D eigenvalue weighted by Gasteiger charge is -2.11. The molecule has 0 bridgehead atoms. The number of carbonyl (C=O) groups is 1. The van der Waals surface area contributed by atoms with Crippen LogP contribution in [0.5, 0.6) is 5.75 Å². The van der Waals surface area contributed by atoms with Gasteiger partial charge >= 0.3 is 0 Å². The molecule has 0 aliphatic rings. The highest BCUT2D eigenvalue weighted by Crippen LogP contribution is 2.26. The molecule has 4 aromatic rings. The standard InChI is InChI=1S/C27H25FN2O4S/c1-18(2)17-34-24-12-23(28)13-26(14-24)35(32,33)25-7-3-19(4-8-25)15-30-27(31)21-6-5-20-9-10-29-16-22(20)11-21/h3-14,16,18H,15,17H2,1-2H3,(H,30,31). The van der Waals surface area contributed by atoms with Gasteiger partial charge in [-0.3, -0.25) is 9.78 Å². The first-order valence-corrected chi connectivity index (χ1v) is 12.6. The zero-order chi connectivity index (χ0) is 25.0. The Morgan fingerprint density at radius 3 is 2.49 bits per heavy atom. The molecule has 0 aliphatic heterocycles. The quantitative estimate of drug-likeness (QED) is 0.367. The van der Waals surface area contributed by atoms with Crippen LogP contribution in [0.3, 0.4) is 0 Å². The van der Waals surface area contributed by atoms with Gasteiger partial charge in [-0.2, -0.15) is 0 Å². The second kappa shape index (κ2) is 10.2. The number of rotatable bonds is 8. The van der Waals surface area contributed by atoms with E-state index in [1.807, 2.05) is 26.0 Å². The second-order valence-electron chi connectivity index (χ2n) is 8.60. The molecule has 35 heavy (non-hydrogen) atoms. The van der Waals surface area contributed by atoms with Crippen molar-refractivity contribution in [1.82, 2.24) is 10.3 Å². The van der Waals surface area contributed by atoms with Gasteiger partial charge in [0.2, 0.25) is 9.84 Å². The Hall–Kier alpha value is -3.78. The molecular weight excluding hydrogens is 467 g/mol. The van der Waals surface area contributed by atoms with E-state index in [1.54, 1.807) is 36.7 Å². The van der Waals surface area contributed by atoms with Crippen molar-refractivity contribution >= 4 is 26.5 Å². The van der Waals surface area contributed by atoms with Crippen LogP contribution in [0.4, 0.5) is 4.39 Å². The van der Waals surface area contributed by atoms with E-state index in [2.05, 4.69) is 10.3 Å². The monoisotopic (exact) mass is 492 g/mol. The summed E-state index contributed by atoms with van der Waals surface area (Å²) >= 11 is 0. The fraction of sp³-hybridized carbons (Fsp3) is 0.185. The minimum Gasteiger partial charge on any atom is -0.493 e. The minimum absolute atomic E-state index is 0.0232. The summed E-state index contributed by atoms with van der Waals surface area (Å²) < 4.78 is 45.7. The molecule has 4 rings (SSSR count). The number of ether oxygens (including phenoxy) is 1. The number of amides is 1. The molecule has 3 aromatic carbocycles. The van der Waals surface area contributed by atoms with Crippen LogP contribution in [-0.2, 0) is 16.4 Å². The van der Waals surface area contributed by atoms with Crippen LogP contribution in [0.25, 0.3) is 10.8 Å². The maximum atomic E-state index is 14.1. The summed E-state index contributed by atoms with van der Waals surface area (Å²) in [6, 6.07) is 16.8. The molecule has 180 valence electrons. The first kappa shape index (κ1) is 24.3. The van der Waals surface area contributed by atoms with Gasteiger partial charge < -0.3 is 10.1 Å². The Bertz CT molecular complexity index is 1470. The van der Waals surface area contributed by atoms with Gasteiger partial charge in [-0.05, 0) is 59.3 Å². The number of carbonyl (C=O) groups excluding carboxylic acids is 1. The Morgan fingerprint density at radius 1 is 0.971 bits per heavy atom. The molecule has 6 nitrogen and oxygen atoms in total. The predicted molar refractivity (Wildman–Crippen MR) is 132 cm³/mol. The molecule has 1 N–H and O–H groups in total. The molecule has 0 unspecified atom stereocenters. The molecule has 0 fully saturated rings. The number of aromatic nitrogens is 1. The summed E-state index contributed by atoms with van der Waals surface area (Å²) in [5.41, 5.74) is 1.23. The number of benzene rings is 3. The van der Waals surface area contributed by atoms with E-state index in [9.17, 15) is 17.6 Å². The number of fused-ring (bicyclic) bond motifs is 1. The van der Waals surface area contributed by atoms with Crippen molar-refractivity contribution in [3.8, 4) is 5.75 Å². The number of halogens is 1. The minimum atomic E-state index is -3.95. The number of nitrogens with one attached hydrogen (secondary N) is 1. The van der Waals surface area contributed by atoms with E-state index in [0.29, 0.717) is 12.2 Å². The molecule has 0 atom stereocenters. The molecule has 0 aliphatic carbocycles. The van der Waals surface area contributed by atoms with E-state index < -0.39 is 15.7 Å². The van der Waals surface area contributed by atoms with Crippen LogP contribution in [0.15, 0.2) is 88.9 Å². The number of nitrogens with zero attached hydrogens (tertiary/aromatic N) is 1. The SMILES string of the molecule is CC(C)COc1cc(F)cc(S(=O)(=O)c2ccc(CNC(=O)c3ccc4ccncc4c3)cc2)c1. The van der Waals surface area contributed by atoms with Gasteiger partial charge in [-0.25, -0.2) is 12.8 Å². The third kappa shape index (κ3) is 5.84. The highest BCUT2D eigenvalue weighted by atomic mass is 32.2. The summed E-state index contributed by atoms with van der Waals surface area (Å²) in [5.74, 6) is -0.555. The van der Waals surface area contributed by atoms with Crippen LogP contribution >= 0.6 is 0 Å². The van der Waals surface area contributed by atoms with Crippen LogP contribution in [0, 0.1) is 11.7 Å².